The Morgan fingerprint density at radius 1 is 1.53 bits per heavy atom. The molecule has 2 N–H and O–H groups in total. The summed E-state index contributed by atoms with van der Waals surface area (Å²) in [5.41, 5.74) is 5.15. The average Bonchev–Trinajstić information content (AvgIpc) is 3.28. The van der Waals surface area contributed by atoms with Crippen LogP contribution in [0, 0.1) is 12.3 Å². The van der Waals surface area contributed by atoms with Crippen LogP contribution in [-0.2, 0) is 32.3 Å². The van der Waals surface area contributed by atoms with Crippen molar-refractivity contribution in [3.05, 3.63) is 11.6 Å². The minimum absolute atomic E-state index is 0.0627. The highest BCUT2D eigenvalue weighted by Crippen LogP contribution is 2.59. The summed E-state index contributed by atoms with van der Waals surface area (Å²) in [5, 5.41) is -0.0627. The number of hydrogen-bond donors (Lipinski definition) is 1. The van der Waals surface area contributed by atoms with Crippen LogP contribution >= 0.6 is 19.4 Å². The molecule has 0 radical (unpaired) electrons. The largest absolute Gasteiger partial charge is 0.510 e. The Morgan fingerprint density at radius 2 is 2.31 bits per heavy atom. The third kappa shape index (κ3) is 4.25. The molecule has 0 bridgehead atoms. The van der Waals surface area contributed by atoms with Gasteiger partial charge in [0.15, 0.2) is 17.1 Å². The van der Waals surface area contributed by atoms with Crippen molar-refractivity contribution in [2.75, 3.05) is 19.1 Å². The maximum Gasteiger partial charge on any atom is 0.510 e. The summed E-state index contributed by atoms with van der Waals surface area (Å²) in [7, 11) is -4.10. The summed E-state index contributed by atoms with van der Waals surface area (Å²) in [6.07, 6.45) is 4.34. The number of phosphoric ester groups is 1. The first-order valence-electron chi connectivity index (χ1n) is 9.37. The molecule has 0 saturated carbocycles. The van der Waals surface area contributed by atoms with Gasteiger partial charge in [-0.1, -0.05) is 5.92 Å². The number of carbonyl (C=O) groups excluding carboxylic acids is 1. The lowest BCUT2D eigenvalue weighted by molar-refractivity contribution is -0.118. The quantitative estimate of drug-likeness (QED) is 0.216. The van der Waals surface area contributed by atoms with Crippen molar-refractivity contribution in [2.45, 2.75) is 44.3 Å². The molecule has 0 spiro atoms. The lowest BCUT2D eigenvalue weighted by atomic mass is 9.99. The molecule has 4 heterocycles. The van der Waals surface area contributed by atoms with Gasteiger partial charge in [-0.2, -0.15) is 9.97 Å². The van der Waals surface area contributed by atoms with E-state index in [0.717, 1.165) is 0 Å². The number of imidazole rings is 1. The number of rotatable bonds is 5. The van der Waals surface area contributed by atoms with Crippen molar-refractivity contribution in [3.63, 3.8) is 0 Å². The molecule has 4 rings (SSSR count). The Morgan fingerprint density at radius 3 is 3.03 bits per heavy atom. The van der Waals surface area contributed by atoms with Crippen molar-refractivity contribution in [1.29, 1.82) is 0 Å². The number of aromatic nitrogens is 4. The Labute approximate surface area is 187 Å². The second-order valence-corrected chi connectivity index (χ2v) is 9.13. The summed E-state index contributed by atoms with van der Waals surface area (Å²) >= 11 is 5.91. The molecular weight excluding hydrogens is 469 g/mol. The van der Waals surface area contributed by atoms with Crippen molar-refractivity contribution in [2.24, 2.45) is 0 Å². The normalized spacial score (nSPS) is 29.6. The zero-order valence-corrected chi connectivity index (χ0v) is 18.6. The molecule has 2 saturated heterocycles. The highest BCUT2D eigenvalue weighted by molar-refractivity contribution is 7.48. The van der Waals surface area contributed by atoms with E-state index in [1.54, 1.807) is 18.4 Å². The van der Waals surface area contributed by atoms with Crippen molar-refractivity contribution in [3.8, 4) is 12.3 Å². The summed E-state index contributed by atoms with van der Waals surface area (Å²) in [4.78, 5) is 23.6. The molecule has 1 unspecified atom stereocenters. The van der Waals surface area contributed by atoms with E-state index in [1.807, 2.05) is 0 Å². The average molecular weight is 488 g/mol. The number of fused-ring (bicyclic) bond motifs is 2. The zero-order chi connectivity index (χ0) is 23.1. The number of ether oxygens (including phenoxy) is 3. The number of nitrogens with zero attached hydrogens (tertiary/aromatic N) is 4. The molecule has 2 fully saturated rings. The second kappa shape index (κ2) is 8.47. The highest BCUT2D eigenvalue weighted by atomic mass is 35.5. The molecule has 4 atom stereocenters. The predicted octanol–water partition coefficient (Wildman–Crippen LogP) is 2.41. The fourth-order valence-electron chi connectivity index (χ4n) is 3.25. The van der Waals surface area contributed by atoms with Gasteiger partial charge in [0.05, 0.1) is 12.4 Å². The molecular formula is C17H19ClN5O8P. The highest BCUT2D eigenvalue weighted by Gasteiger charge is 2.57. The summed E-state index contributed by atoms with van der Waals surface area (Å²) in [6, 6.07) is 0. The fourth-order valence-corrected chi connectivity index (χ4v) is 4.72. The van der Waals surface area contributed by atoms with Gasteiger partial charge in [0, 0.05) is 6.42 Å². The molecule has 2 aliphatic heterocycles. The van der Waals surface area contributed by atoms with Gasteiger partial charge in [-0.15, -0.1) is 6.42 Å². The first-order valence-corrected chi connectivity index (χ1v) is 11.2. The van der Waals surface area contributed by atoms with Crippen LogP contribution in [0.25, 0.3) is 11.2 Å². The molecule has 15 heteroatoms. The van der Waals surface area contributed by atoms with Crippen LogP contribution in [0.15, 0.2) is 6.33 Å². The topological polar surface area (TPSA) is 159 Å². The van der Waals surface area contributed by atoms with Crippen molar-refractivity contribution >= 4 is 42.6 Å². The Bertz CT molecular complexity index is 1140. The van der Waals surface area contributed by atoms with Gasteiger partial charge in [0.25, 0.3) is 0 Å². The SMILES string of the molecule is C#C[C@@]12COP(=O)(OCOC(=O)OC(C)C)O[C@@H]1C[C@H](n1cnc3c(N)nc(Cl)nc31)O2. The molecule has 13 nitrogen and oxygen atoms in total. The number of nitrogens with two attached hydrogens (primary N) is 1. The Kier molecular flexibility index (Phi) is 6.02. The van der Waals surface area contributed by atoms with Gasteiger partial charge in [-0.25, -0.2) is 18.9 Å². The predicted molar refractivity (Wildman–Crippen MR) is 108 cm³/mol. The number of hydrogen-bond acceptors (Lipinski definition) is 12. The van der Waals surface area contributed by atoms with Crippen LogP contribution in [0.2, 0.25) is 5.28 Å². The van der Waals surface area contributed by atoms with E-state index < -0.39 is 38.7 Å². The lowest BCUT2D eigenvalue weighted by Gasteiger charge is -2.36. The van der Waals surface area contributed by atoms with E-state index in [2.05, 4.69) is 20.9 Å². The molecule has 0 aliphatic carbocycles. The van der Waals surface area contributed by atoms with E-state index >= 15 is 0 Å². The number of nitrogen functional groups attached to an aromatic ring is 1. The van der Waals surface area contributed by atoms with Crippen LogP contribution in [0.3, 0.4) is 0 Å². The molecule has 2 aromatic heterocycles. The number of carbonyl (C=O) groups is 1. The van der Waals surface area contributed by atoms with Crippen LogP contribution < -0.4 is 5.73 Å². The molecule has 172 valence electrons. The number of phosphoric acid groups is 1. The van der Waals surface area contributed by atoms with Crippen molar-refractivity contribution < 1.29 is 37.1 Å². The van der Waals surface area contributed by atoms with Crippen molar-refractivity contribution in [1.82, 2.24) is 19.5 Å². The summed E-state index contributed by atoms with van der Waals surface area (Å²) in [6.45, 7) is 2.29. The minimum Gasteiger partial charge on any atom is -0.432 e. The summed E-state index contributed by atoms with van der Waals surface area (Å²) < 4.78 is 45.7. The smallest absolute Gasteiger partial charge is 0.432 e. The molecule has 2 aromatic rings. The summed E-state index contributed by atoms with van der Waals surface area (Å²) in [5.74, 6) is 2.61. The second-order valence-electron chi connectivity index (χ2n) is 7.17. The third-order valence-corrected chi connectivity index (χ3v) is 6.22. The first-order chi connectivity index (χ1) is 15.1. The van der Waals surface area contributed by atoms with Crippen LogP contribution in [0.1, 0.15) is 26.5 Å². The van der Waals surface area contributed by atoms with Gasteiger partial charge in [0.1, 0.15) is 24.5 Å². The molecule has 0 amide bonds. The maximum absolute atomic E-state index is 12.8. The standard InChI is InChI=1S/C17H19ClN5O8P/c1-4-17-6-27-32(25,28-8-26-16(24)29-9(2)3)31-10(17)5-11(30-17)23-7-20-12-13(19)21-15(18)22-14(12)23/h1,7,9-11H,5-6,8H2,2-3H3,(H2,19,21,22)/t10-,11-,17-,32?/m1/s1. The first kappa shape index (κ1) is 22.7. The van der Waals surface area contributed by atoms with Gasteiger partial charge in [-0.3, -0.25) is 13.6 Å². The fraction of sp³-hybridized carbons (Fsp3) is 0.529. The minimum atomic E-state index is -4.10. The Hall–Kier alpha value is -2.46. The van der Waals surface area contributed by atoms with E-state index in [4.69, 9.17) is 51.5 Å². The van der Waals surface area contributed by atoms with Crippen LogP contribution in [-0.4, -0.2) is 56.9 Å². The molecule has 2 aliphatic rings. The van der Waals surface area contributed by atoms with E-state index in [1.165, 1.54) is 6.33 Å². The third-order valence-electron chi connectivity index (χ3n) is 4.67. The maximum atomic E-state index is 12.8. The van der Waals surface area contributed by atoms with Crippen LogP contribution in [0.5, 0.6) is 0 Å². The molecule has 32 heavy (non-hydrogen) atoms. The van der Waals surface area contributed by atoms with Crippen LogP contribution in [0.4, 0.5) is 10.6 Å². The number of anilines is 1. The lowest BCUT2D eigenvalue weighted by Crippen LogP contribution is -2.46. The zero-order valence-electron chi connectivity index (χ0n) is 17.0. The molecule has 0 aromatic carbocycles. The van der Waals surface area contributed by atoms with Gasteiger partial charge in [-0.05, 0) is 25.4 Å². The van der Waals surface area contributed by atoms with E-state index in [0.29, 0.717) is 11.2 Å². The number of halogens is 1. The van der Waals surface area contributed by atoms with E-state index in [9.17, 15) is 9.36 Å². The number of terminal acetylenes is 1. The van der Waals surface area contributed by atoms with E-state index in [-0.39, 0.29) is 30.2 Å². The van der Waals surface area contributed by atoms with Gasteiger partial charge < -0.3 is 19.9 Å². The Balaban J connectivity index is 1.48. The van der Waals surface area contributed by atoms with Gasteiger partial charge >= 0.3 is 14.0 Å². The monoisotopic (exact) mass is 487 g/mol. The van der Waals surface area contributed by atoms with Gasteiger partial charge in [0.2, 0.25) is 12.1 Å².